The van der Waals surface area contributed by atoms with E-state index in [1.807, 2.05) is 30.9 Å². The summed E-state index contributed by atoms with van der Waals surface area (Å²) in [5, 5.41) is 10.6. The maximum absolute atomic E-state index is 11.2. The van der Waals surface area contributed by atoms with E-state index in [1.54, 1.807) is 12.1 Å². The van der Waals surface area contributed by atoms with Gasteiger partial charge in [-0.1, -0.05) is 12.1 Å². The van der Waals surface area contributed by atoms with Crippen molar-refractivity contribution >= 4 is 12.0 Å². The summed E-state index contributed by atoms with van der Waals surface area (Å²) in [6.45, 7) is 1.58. The Morgan fingerprint density at radius 2 is 1.79 bits per heavy atom. The number of non-ortho nitro benzene ring substituents is 1. The molecule has 1 unspecified atom stereocenters. The van der Waals surface area contributed by atoms with Gasteiger partial charge in [0.1, 0.15) is 6.29 Å². The minimum atomic E-state index is -0.449. The van der Waals surface area contributed by atoms with Crippen molar-refractivity contribution in [1.29, 1.82) is 0 Å². The molecule has 104 valence electrons. The van der Waals surface area contributed by atoms with E-state index in [4.69, 9.17) is 0 Å². The summed E-state index contributed by atoms with van der Waals surface area (Å²) < 4.78 is 0. The Labute approximate surface area is 112 Å². The van der Waals surface area contributed by atoms with Crippen LogP contribution >= 0.6 is 0 Å². The number of rotatable bonds is 7. The van der Waals surface area contributed by atoms with Crippen LogP contribution in [0.4, 0.5) is 5.69 Å². The molecule has 0 aliphatic carbocycles. The minimum absolute atomic E-state index is 0.0318. The van der Waals surface area contributed by atoms with Crippen LogP contribution in [0, 0.1) is 10.1 Å². The van der Waals surface area contributed by atoms with Crippen LogP contribution < -0.4 is 0 Å². The zero-order valence-corrected chi connectivity index (χ0v) is 11.4. The summed E-state index contributed by atoms with van der Waals surface area (Å²) in [5.74, 6) is 0. The number of nitro benzene ring substituents is 1. The predicted molar refractivity (Wildman–Crippen MR) is 73.1 cm³/mol. The molecule has 0 N–H and O–H groups in total. The van der Waals surface area contributed by atoms with E-state index >= 15 is 0 Å². The Bertz CT molecular complexity index is 431. The van der Waals surface area contributed by atoms with Crippen molar-refractivity contribution in [3.8, 4) is 0 Å². The zero-order chi connectivity index (χ0) is 14.4. The molecule has 19 heavy (non-hydrogen) atoms. The normalized spacial score (nSPS) is 12.7. The monoisotopic (exact) mass is 265 g/mol. The molecule has 1 aromatic carbocycles. The van der Waals surface area contributed by atoms with Crippen LogP contribution in [0.15, 0.2) is 24.3 Å². The summed E-state index contributed by atoms with van der Waals surface area (Å²) in [7, 11) is 5.80. The van der Waals surface area contributed by atoms with Crippen molar-refractivity contribution in [2.24, 2.45) is 0 Å². The summed E-state index contributed by atoms with van der Waals surface area (Å²) in [6, 6.07) is 5.73. The Hall–Kier alpha value is -1.79. The fourth-order valence-electron chi connectivity index (χ4n) is 1.73. The van der Waals surface area contributed by atoms with Crippen molar-refractivity contribution in [3.63, 3.8) is 0 Å². The van der Waals surface area contributed by atoms with Crippen LogP contribution in [-0.4, -0.2) is 55.2 Å². The summed E-state index contributed by atoms with van der Waals surface area (Å²) in [4.78, 5) is 25.3. The maximum atomic E-state index is 11.2. The van der Waals surface area contributed by atoms with Gasteiger partial charge in [-0.25, -0.2) is 0 Å². The molecule has 0 aliphatic rings. The van der Waals surface area contributed by atoms with Gasteiger partial charge >= 0.3 is 0 Å². The standard InChI is InChI=1S/C13H19N3O3/c1-14(2)8-9-15(3)13(10-17)11-4-6-12(7-5-11)16(18)19/h4-7,10,13H,8-9H2,1-3H3. The summed E-state index contributed by atoms with van der Waals surface area (Å²) in [6.07, 6.45) is 0.858. The summed E-state index contributed by atoms with van der Waals surface area (Å²) >= 11 is 0. The Morgan fingerprint density at radius 3 is 2.21 bits per heavy atom. The highest BCUT2D eigenvalue weighted by molar-refractivity contribution is 5.61. The molecule has 0 bridgehead atoms. The first-order chi connectivity index (χ1) is 8.95. The molecule has 0 saturated heterocycles. The van der Waals surface area contributed by atoms with Crippen LogP contribution in [0.5, 0.6) is 0 Å². The molecule has 1 rings (SSSR count). The van der Waals surface area contributed by atoms with Crippen molar-refractivity contribution in [1.82, 2.24) is 9.80 Å². The van der Waals surface area contributed by atoms with E-state index in [0.29, 0.717) is 0 Å². The third-order valence-corrected chi connectivity index (χ3v) is 2.95. The van der Waals surface area contributed by atoms with Crippen molar-refractivity contribution in [3.05, 3.63) is 39.9 Å². The van der Waals surface area contributed by atoms with Gasteiger partial charge < -0.3 is 9.69 Å². The zero-order valence-electron chi connectivity index (χ0n) is 11.4. The SMILES string of the molecule is CN(C)CCN(C)C(C=O)c1ccc([N+](=O)[O-])cc1. The quantitative estimate of drug-likeness (QED) is 0.422. The fraction of sp³-hybridized carbons (Fsp3) is 0.462. The second-order valence-corrected chi connectivity index (χ2v) is 4.71. The van der Waals surface area contributed by atoms with Gasteiger partial charge in [-0.3, -0.25) is 15.0 Å². The lowest BCUT2D eigenvalue weighted by atomic mass is 10.1. The molecular weight excluding hydrogens is 246 g/mol. The highest BCUT2D eigenvalue weighted by Gasteiger charge is 2.17. The van der Waals surface area contributed by atoms with Gasteiger partial charge in [0.25, 0.3) is 5.69 Å². The number of carbonyl (C=O) groups excluding carboxylic acids is 1. The van der Waals surface area contributed by atoms with Gasteiger partial charge in [-0.05, 0) is 26.7 Å². The molecular formula is C13H19N3O3. The first-order valence-electron chi connectivity index (χ1n) is 6.00. The number of nitro groups is 1. The Kier molecular flexibility index (Phi) is 5.59. The minimum Gasteiger partial charge on any atom is -0.308 e. The lowest BCUT2D eigenvalue weighted by Gasteiger charge is -2.25. The van der Waals surface area contributed by atoms with Crippen LogP contribution in [0.25, 0.3) is 0 Å². The van der Waals surface area contributed by atoms with Crippen molar-refractivity contribution in [2.75, 3.05) is 34.2 Å². The highest BCUT2D eigenvalue weighted by atomic mass is 16.6. The average molecular weight is 265 g/mol. The van der Waals surface area contributed by atoms with Crippen LogP contribution in [0.2, 0.25) is 0 Å². The van der Waals surface area contributed by atoms with Crippen molar-refractivity contribution in [2.45, 2.75) is 6.04 Å². The molecule has 6 heteroatoms. The molecule has 0 aromatic heterocycles. The topological polar surface area (TPSA) is 66.7 Å². The van der Waals surface area contributed by atoms with E-state index in [9.17, 15) is 14.9 Å². The molecule has 1 aromatic rings. The highest BCUT2D eigenvalue weighted by Crippen LogP contribution is 2.20. The van der Waals surface area contributed by atoms with Gasteiger partial charge in [0.15, 0.2) is 0 Å². The number of carbonyl (C=O) groups is 1. The molecule has 1 atom stereocenters. The van der Waals surface area contributed by atoms with Gasteiger partial charge in [0.2, 0.25) is 0 Å². The van der Waals surface area contributed by atoms with Gasteiger partial charge in [-0.15, -0.1) is 0 Å². The molecule has 0 radical (unpaired) electrons. The fourth-order valence-corrected chi connectivity index (χ4v) is 1.73. The molecule has 0 spiro atoms. The first-order valence-corrected chi connectivity index (χ1v) is 6.00. The van der Waals surface area contributed by atoms with E-state index in [1.165, 1.54) is 12.1 Å². The van der Waals surface area contributed by atoms with Gasteiger partial charge in [-0.2, -0.15) is 0 Å². The molecule has 6 nitrogen and oxygen atoms in total. The first kappa shape index (κ1) is 15.3. The van der Waals surface area contributed by atoms with Crippen LogP contribution in [-0.2, 0) is 4.79 Å². The number of likely N-dealkylation sites (N-methyl/N-ethyl adjacent to an activating group) is 2. The van der Waals surface area contributed by atoms with Gasteiger partial charge in [0.05, 0.1) is 11.0 Å². The maximum Gasteiger partial charge on any atom is 0.269 e. The second kappa shape index (κ2) is 6.96. The summed E-state index contributed by atoms with van der Waals surface area (Å²) in [5.41, 5.74) is 0.797. The van der Waals surface area contributed by atoms with Crippen LogP contribution in [0.3, 0.4) is 0 Å². The largest absolute Gasteiger partial charge is 0.308 e. The number of benzene rings is 1. The molecule has 0 aliphatic heterocycles. The molecule has 0 heterocycles. The lowest BCUT2D eigenvalue weighted by molar-refractivity contribution is -0.384. The number of nitrogens with zero attached hydrogens (tertiary/aromatic N) is 3. The number of hydrogen-bond acceptors (Lipinski definition) is 5. The number of hydrogen-bond donors (Lipinski definition) is 0. The van der Waals surface area contributed by atoms with Gasteiger partial charge in [0, 0.05) is 25.2 Å². The smallest absolute Gasteiger partial charge is 0.269 e. The van der Waals surface area contributed by atoms with Crippen LogP contribution in [0.1, 0.15) is 11.6 Å². The van der Waals surface area contributed by atoms with E-state index < -0.39 is 4.92 Å². The average Bonchev–Trinajstić information content (AvgIpc) is 2.37. The third-order valence-electron chi connectivity index (χ3n) is 2.95. The number of aldehydes is 1. The lowest BCUT2D eigenvalue weighted by Crippen LogP contribution is -2.32. The molecule has 0 saturated carbocycles. The Balaban J connectivity index is 2.78. The Morgan fingerprint density at radius 1 is 1.21 bits per heavy atom. The molecule has 0 fully saturated rings. The van der Waals surface area contributed by atoms with E-state index in [2.05, 4.69) is 0 Å². The van der Waals surface area contributed by atoms with E-state index in [0.717, 1.165) is 24.9 Å². The van der Waals surface area contributed by atoms with E-state index in [-0.39, 0.29) is 11.7 Å². The third kappa shape index (κ3) is 4.42. The second-order valence-electron chi connectivity index (χ2n) is 4.71. The predicted octanol–water partition coefficient (Wildman–Crippen LogP) is 1.33. The van der Waals surface area contributed by atoms with Crippen molar-refractivity contribution < 1.29 is 9.72 Å². The molecule has 0 amide bonds.